The second-order valence-corrected chi connectivity index (χ2v) is 3.98. The highest BCUT2D eigenvalue weighted by Gasteiger charge is 2.07. The van der Waals surface area contributed by atoms with E-state index >= 15 is 0 Å². The number of carbonyl (C=O) groups excluding carboxylic acids is 1. The molecule has 2 N–H and O–H groups in total. The van der Waals surface area contributed by atoms with Crippen molar-refractivity contribution < 1.29 is 4.79 Å². The van der Waals surface area contributed by atoms with Crippen molar-refractivity contribution in [1.82, 2.24) is 15.3 Å². The molecule has 0 aliphatic carbocycles. The minimum atomic E-state index is -0.124. The van der Waals surface area contributed by atoms with Crippen molar-refractivity contribution in [2.24, 2.45) is 0 Å². The number of amides is 1. The zero-order valence-corrected chi connectivity index (χ0v) is 11.4. The smallest absolute Gasteiger partial charge is 0.244 e. The van der Waals surface area contributed by atoms with Gasteiger partial charge < -0.3 is 10.3 Å². The maximum Gasteiger partial charge on any atom is 0.244 e. The van der Waals surface area contributed by atoms with Gasteiger partial charge in [0, 0.05) is 6.08 Å². The number of nitrogens with one attached hydrogen (secondary N) is 2. The Hall–Kier alpha value is -2.07. The molecule has 4 nitrogen and oxygen atoms in total. The summed E-state index contributed by atoms with van der Waals surface area (Å²) < 4.78 is 0. The van der Waals surface area contributed by atoms with E-state index in [0.717, 1.165) is 11.3 Å². The van der Waals surface area contributed by atoms with Gasteiger partial charge in [-0.05, 0) is 18.6 Å². The number of nitrogens with zero attached hydrogens (tertiary/aromatic N) is 1. The van der Waals surface area contributed by atoms with Gasteiger partial charge in [-0.25, -0.2) is 4.98 Å². The van der Waals surface area contributed by atoms with Gasteiger partial charge in [0.1, 0.15) is 0 Å². The van der Waals surface area contributed by atoms with Crippen LogP contribution in [0.5, 0.6) is 0 Å². The normalized spacial score (nSPS) is 11.8. The zero-order valence-electron chi connectivity index (χ0n) is 10.5. The van der Waals surface area contributed by atoms with Crippen molar-refractivity contribution in [1.29, 1.82) is 0 Å². The van der Waals surface area contributed by atoms with Crippen LogP contribution in [0.2, 0.25) is 0 Å². The number of hydrogen-bond acceptors (Lipinski definition) is 2. The minimum Gasteiger partial charge on any atom is -0.347 e. The van der Waals surface area contributed by atoms with Crippen molar-refractivity contribution in [2.75, 3.05) is 0 Å². The molecular weight excluding hydrogens is 262 g/mol. The van der Waals surface area contributed by atoms with Crippen LogP contribution in [0, 0.1) is 0 Å². The number of aromatic nitrogens is 2. The summed E-state index contributed by atoms with van der Waals surface area (Å²) in [6.07, 6.45) is 6.61. The van der Waals surface area contributed by atoms with E-state index < -0.39 is 0 Å². The summed E-state index contributed by atoms with van der Waals surface area (Å²) in [5.74, 6) is -0.124. The molecule has 1 aromatic carbocycles. The van der Waals surface area contributed by atoms with E-state index in [9.17, 15) is 4.79 Å². The number of H-pyrrole nitrogens is 1. The second-order valence-electron chi connectivity index (χ2n) is 3.98. The summed E-state index contributed by atoms with van der Waals surface area (Å²) in [7, 11) is 0. The zero-order chi connectivity index (χ0) is 12.8. The van der Waals surface area contributed by atoms with Gasteiger partial charge in [0.15, 0.2) is 0 Å². The summed E-state index contributed by atoms with van der Waals surface area (Å²) in [6.45, 7) is 1.90. The van der Waals surface area contributed by atoms with Crippen LogP contribution in [-0.4, -0.2) is 15.9 Å². The monoisotopic (exact) mass is 277 g/mol. The van der Waals surface area contributed by atoms with Crippen LogP contribution in [0.25, 0.3) is 6.08 Å². The lowest BCUT2D eigenvalue weighted by Crippen LogP contribution is -2.24. The molecule has 0 radical (unpaired) electrons. The van der Waals surface area contributed by atoms with Gasteiger partial charge in [-0.2, -0.15) is 0 Å². The number of benzene rings is 1. The van der Waals surface area contributed by atoms with Crippen LogP contribution >= 0.6 is 12.4 Å². The van der Waals surface area contributed by atoms with E-state index in [0.29, 0.717) is 0 Å². The quantitative estimate of drug-likeness (QED) is 0.844. The lowest BCUT2D eigenvalue weighted by atomic mass is 10.2. The van der Waals surface area contributed by atoms with Crippen LogP contribution < -0.4 is 5.32 Å². The SMILES string of the molecule is CC(NC(=O)C=Cc1ccccc1)c1cnc[nH]1.Cl. The van der Waals surface area contributed by atoms with Gasteiger partial charge in [-0.3, -0.25) is 4.79 Å². The third-order valence-corrected chi connectivity index (χ3v) is 2.57. The number of imidazole rings is 1. The fourth-order valence-corrected chi connectivity index (χ4v) is 1.58. The molecular formula is C14H16ClN3O. The molecule has 1 atom stereocenters. The summed E-state index contributed by atoms with van der Waals surface area (Å²) in [5, 5.41) is 2.86. The molecule has 19 heavy (non-hydrogen) atoms. The third-order valence-electron chi connectivity index (χ3n) is 2.57. The van der Waals surface area contributed by atoms with Crippen LogP contribution in [0.15, 0.2) is 48.9 Å². The average molecular weight is 278 g/mol. The fourth-order valence-electron chi connectivity index (χ4n) is 1.58. The Morgan fingerprint density at radius 1 is 1.37 bits per heavy atom. The Labute approximate surface area is 118 Å². The molecule has 1 amide bonds. The largest absolute Gasteiger partial charge is 0.347 e. The van der Waals surface area contributed by atoms with E-state index in [4.69, 9.17) is 0 Å². The van der Waals surface area contributed by atoms with Crippen LogP contribution in [0.3, 0.4) is 0 Å². The molecule has 2 aromatic rings. The molecule has 0 spiro atoms. The molecule has 100 valence electrons. The number of rotatable bonds is 4. The summed E-state index contributed by atoms with van der Waals surface area (Å²) in [6, 6.07) is 9.62. The van der Waals surface area contributed by atoms with Gasteiger partial charge in [-0.15, -0.1) is 12.4 Å². The third kappa shape index (κ3) is 4.60. The molecule has 1 aromatic heterocycles. The molecule has 0 fully saturated rings. The van der Waals surface area contributed by atoms with Crippen molar-refractivity contribution in [3.63, 3.8) is 0 Å². The Kier molecular flexibility index (Phi) is 5.82. The standard InChI is InChI=1S/C14H15N3O.ClH/c1-11(13-9-15-10-16-13)17-14(18)8-7-12-5-3-2-4-6-12;/h2-11H,1H3,(H,15,16)(H,17,18);1H. The first-order chi connectivity index (χ1) is 8.75. The average Bonchev–Trinajstić information content (AvgIpc) is 2.91. The van der Waals surface area contributed by atoms with Gasteiger partial charge in [0.05, 0.1) is 24.3 Å². The Morgan fingerprint density at radius 2 is 2.11 bits per heavy atom. The number of hydrogen-bond donors (Lipinski definition) is 2. The van der Waals surface area contributed by atoms with Gasteiger partial charge in [-0.1, -0.05) is 30.3 Å². The first kappa shape index (κ1) is 15.0. The predicted octanol–water partition coefficient (Wildman–Crippen LogP) is 2.72. The van der Waals surface area contributed by atoms with Crippen molar-refractivity contribution in [3.8, 4) is 0 Å². The molecule has 0 bridgehead atoms. The van der Waals surface area contributed by atoms with Crippen LogP contribution in [-0.2, 0) is 4.79 Å². The maximum absolute atomic E-state index is 11.7. The first-order valence-corrected chi connectivity index (χ1v) is 5.77. The van der Waals surface area contributed by atoms with Crippen molar-refractivity contribution in [3.05, 3.63) is 60.2 Å². The van der Waals surface area contributed by atoms with Gasteiger partial charge in [0.25, 0.3) is 0 Å². The highest BCUT2D eigenvalue weighted by molar-refractivity contribution is 5.91. The molecule has 0 saturated carbocycles. The Morgan fingerprint density at radius 3 is 2.74 bits per heavy atom. The molecule has 1 unspecified atom stereocenters. The van der Waals surface area contributed by atoms with Gasteiger partial charge in [0.2, 0.25) is 5.91 Å². The predicted molar refractivity (Wildman–Crippen MR) is 77.9 cm³/mol. The number of halogens is 1. The van der Waals surface area contributed by atoms with E-state index in [1.54, 1.807) is 18.6 Å². The minimum absolute atomic E-state index is 0. The number of carbonyl (C=O) groups is 1. The Balaban J connectivity index is 0.00000180. The maximum atomic E-state index is 11.7. The van der Waals surface area contributed by atoms with E-state index in [2.05, 4.69) is 15.3 Å². The fraction of sp³-hybridized carbons (Fsp3) is 0.143. The molecule has 2 rings (SSSR count). The molecule has 0 aliphatic heterocycles. The van der Waals surface area contributed by atoms with Gasteiger partial charge >= 0.3 is 0 Å². The van der Waals surface area contributed by atoms with E-state index in [-0.39, 0.29) is 24.4 Å². The van der Waals surface area contributed by atoms with Crippen LogP contribution in [0.1, 0.15) is 24.2 Å². The summed E-state index contributed by atoms with van der Waals surface area (Å²) >= 11 is 0. The van der Waals surface area contributed by atoms with E-state index in [1.165, 1.54) is 6.08 Å². The van der Waals surface area contributed by atoms with E-state index in [1.807, 2.05) is 37.3 Å². The molecule has 1 heterocycles. The Bertz CT molecular complexity index is 523. The second kappa shape index (κ2) is 7.38. The molecule has 5 heteroatoms. The highest BCUT2D eigenvalue weighted by atomic mass is 35.5. The lowest BCUT2D eigenvalue weighted by Gasteiger charge is -2.09. The summed E-state index contributed by atoms with van der Waals surface area (Å²) in [4.78, 5) is 18.6. The lowest BCUT2D eigenvalue weighted by molar-refractivity contribution is -0.117. The number of aromatic amines is 1. The van der Waals surface area contributed by atoms with Crippen LogP contribution in [0.4, 0.5) is 0 Å². The van der Waals surface area contributed by atoms with Crippen molar-refractivity contribution in [2.45, 2.75) is 13.0 Å². The molecule has 0 saturated heterocycles. The first-order valence-electron chi connectivity index (χ1n) is 5.77. The summed E-state index contributed by atoms with van der Waals surface area (Å²) in [5.41, 5.74) is 1.89. The molecule has 0 aliphatic rings. The highest BCUT2D eigenvalue weighted by Crippen LogP contribution is 2.07. The van der Waals surface area contributed by atoms with Crippen molar-refractivity contribution >= 4 is 24.4 Å². The topological polar surface area (TPSA) is 57.8 Å².